The van der Waals surface area contributed by atoms with E-state index < -0.39 is 5.60 Å². The topological polar surface area (TPSA) is 94.7 Å². The highest BCUT2D eigenvalue weighted by atomic mass is 33.1. The predicted octanol–water partition coefficient (Wildman–Crippen LogP) is 6.96. The Balaban J connectivity index is 0.000000255. The minimum Gasteiger partial charge on any atom is -0.444 e. The van der Waals surface area contributed by atoms with Crippen LogP contribution in [-0.2, 0) is 4.74 Å². The molecule has 0 saturated heterocycles. The highest BCUT2D eigenvalue weighted by Crippen LogP contribution is 2.33. The van der Waals surface area contributed by atoms with E-state index >= 15 is 0 Å². The first-order valence-electron chi connectivity index (χ1n) is 12.7. The number of carbonyl (C=O) groups excluding carboxylic acids is 1. The van der Waals surface area contributed by atoms with Crippen molar-refractivity contribution in [2.75, 3.05) is 25.5 Å². The zero-order chi connectivity index (χ0) is 28.7. The number of aromatic nitrogens is 2. The molecule has 4 heterocycles. The van der Waals surface area contributed by atoms with Crippen molar-refractivity contribution in [3.8, 4) is 6.07 Å². The molecule has 40 heavy (non-hydrogen) atoms. The fourth-order valence-electron chi connectivity index (χ4n) is 4.08. The molecule has 0 saturated carbocycles. The van der Waals surface area contributed by atoms with Crippen molar-refractivity contribution in [2.24, 2.45) is 0 Å². The van der Waals surface area contributed by atoms with Crippen LogP contribution in [0, 0.1) is 17.1 Å². The monoisotopic (exact) mass is 578 g/mol. The third-order valence-electron chi connectivity index (χ3n) is 5.95. The minimum atomic E-state index is -0.491. The van der Waals surface area contributed by atoms with Gasteiger partial charge in [0.25, 0.3) is 0 Å². The van der Waals surface area contributed by atoms with Crippen LogP contribution in [-0.4, -0.2) is 46.1 Å². The van der Waals surface area contributed by atoms with E-state index in [1.807, 2.05) is 62.0 Å². The number of nitrogens with zero attached hydrogens (tertiary/aromatic N) is 4. The lowest BCUT2D eigenvalue weighted by Gasteiger charge is -2.29. The number of pyridine rings is 1. The van der Waals surface area contributed by atoms with Crippen molar-refractivity contribution < 1.29 is 13.9 Å². The Morgan fingerprint density at radius 1 is 1.23 bits per heavy atom. The Bertz CT molecular complexity index is 1500. The van der Waals surface area contributed by atoms with E-state index in [2.05, 4.69) is 21.1 Å². The Hall–Kier alpha value is -3.88. The van der Waals surface area contributed by atoms with Gasteiger partial charge in [-0.1, -0.05) is 6.08 Å². The molecule has 0 aliphatic carbocycles. The molecule has 0 unspecified atom stereocenters. The van der Waals surface area contributed by atoms with Crippen molar-refractivity contribution >= 4 is 56.7 Å². The maximum absolute atomic E-state index is 12.5. The molecule has 0 radical (unpaired) electrons. The number of benzene rings is 1. The van der Waals surface area contributed by atoms with Gasteiger partial charge in [-0.25, -0.2) is 14.2 Å². The lowest BCUT2D eigenvalue weighted by atomic mass is 10.0. The Labute approximate surface area is 241 Å². The van der Waals surface area contributed by atoms with Crippen molar-refractivity contribution in [1.29, 1.82) is 5.26 Å². The van der Waals surface area contributed by atoms with Gasteiger partial charge in [0.05, 0.1) is 11.8 Å². The zero-order valence-corrected chi connectivity index (χ0v) is 24.4. The van der Waals surface area contributed by atoms with Gasteiger partial charge >= 0.3 is 6.09 Å². The number of rotatable bonds is 4. The van der Waals surface area contributed by atoms with Crippen LogP contribution >= 0.6 is 21.8 Å². The molecule has 2 aliphatic heterocycles. The van der Waals surface area contributed by atoms with Crippen LogP contribution < -0.4 is 10.0 Å². The minimum absolute atomic E-state index is 0.197. The highest BCUT2D eigenvalue weighted by Gasteiger charge is 2.24. The average Bonchev–Trinajstić information content (AvgIpc) is 3.59. The number of nitrogens with one attached hydrogen (secondary N) is 2. The normalized spacial score (nSPS) is 15.1. The summed E-state index contributed by atoms with van der Waals surface area (Å²) in [4.78, 5) is 18.5. The fraction of sp³-hybridized carbons (Fsp3) is 0.276. The van der Waals surface area contributed by atoms with Gasteiger partial charge in [-0.2, -0.15) is 5.26 Å². The largest absolute Gasteiger partial charge is 0.444 e. The number of hydrogen-bond donors (Lipinski definition) is 2. The second-order valence-electron chi connectivity index (χ2n) is 9.93. The Morgan fingerprint density at radius 3 is 2.58 bits per heavy atom. The van der Waals surface area contributed by atoms with Crippen LogP contribution in [0.4, 0.5) is 15.0 Å². The zero-order valence-electron chi connectivity index (χ0n) is 22.8. The van der Waals surface area contributed by atoms with Gasteiger partial charge in [-0.15, -0.1) is 0 Å². The van der Waals surface area contributed by atoms with Gasteiger partial charge in [0.2, 0.25) is 0 Å². The van der Waals surface area contributed by atoms with Crippen molar-refractivity contribution in [1.82, 2.24) is 19.0 Å². The second kappa shape index (κ2) is 13.0. The van der Waals surface area contributed by atoms with E-state index in [-0.39, 0.29) is 11.9 Å². The summed E-state index contributed by atoms with van der Waals surface area (Å²) >= 11 is 0. The van der Waals surface area contributed by atoms with Gasteiger partial charge in [0.1, 0.15) is 28.6 Å². The first-order valence-corrected chi connectivity index (χ1v) is 14.9. The molecule has 0 bridgehead atoms. The van der Waals surface area contributed by atoms with E-state index in [0.29, 0.717) is 13.1 Å². The molecule has 1 amide bonds. The van der Waals surface area contributed by atoms with E-state index in [1.165, 1.54) is 23.8 Å². The summed E-state index contributed by atoms with van der Waals surface area (Å²) in [6.07, 6.45) is 7.69. The molecule has 5 rings (SSSR count). The van der Waals surface area contributed by atoms with Crippen LogP contribution in [0.15, 0.2) is 60.2 Å². The lowest BCUT2D eigenvalue weighted by molar-refractivity contribution is 0.0270. The summed E-state index contributed by atoms with van der Waals surface area (Å²) in [6.45, 7) is 6.76. The molecular formula is C29H31FN6O2S2. The molecule has 0 spiro atoms. The molecular weight excluding hydrogens is 547 g/mol. The van der Waals surface area contributed by atoms with Gasteiger partial charge in [-0.3, -0.25) is 4.40 Å². The molecule has 8 nitrogen and oxygen atoms in total. The van der Waals surface area contributed by atoms with Gasteiger partial charge in [-0.05, 0) is 97.2 Å². The van der Waals surface area contributed by atoms with Crippen molar-refractivity contribution in [3.63, 3.8) is 0 Å². The van der Waals surface area contributed by atoms with Gasteiger partial charge in [0.15, 0.2) is 0 Å². The SMILES string of the molecule is CNc1c(/C=C/C#N)nc2ccc(C3=CCN(C(=O)OC(C)(C)C)CC3)cn12.Fc1ccc(C2=CSSN2)cc1. The number of hydrogen-bond acceptors (Lipinski definition) is 8. The van der Waals surface area contributed by atoms with Gasteiger partial charge in [0, 0.05) is 48.8 Å². The van der Waals surface area contributed by atoms with E-state index in [4.69, 9.17) is 10.00 Å². The van der Waals surface area contributed by atoms with E-state index in [1.54, 1.807) is 44.9 Å². The summed E-state index contributed by atoms with van der Waals surface area (Å²) in [7, 11) is 5.02. The van der Waals surface area contributed by atoms with Crippen molar-refractivity contribution in [2.45, 2.75) is 32.8 Å². The smallest absolute Gasteiger partial charge is 0.410 e. The molecule has 2 aromatic heterocycles. The molecule has 3 aromatic rings. The molecule has 1 aromatic carbocycles. The summed E-state index contributed by atoms with van der Waals surface area (Å²) in [5.74, 6) is 0.632. The number of amides is 1. The Kier molecular flexibility index (Phi) is 9.45. The van der Waals surface area contributed by atoms with Gasteiger partial charge < -0.3 is 19.7 Å². The first-order chi connectivity index (χ1) is 19.2. The molecule has 2 N–H and O–H groups in total. The Morgan fingerprint density at radius 2 is 1.98 bits per heavy atom. The van der Waals surface area contributed by atoms with Crippen LogP contribution in [0.5, 0.6) is 0 Å². The first kappa shape index (κ1) is 29.1. The highest BCUT2D eigenvalue weighted by molar-refractivity contribution is 8.77. The lowest BCUT2D eigenvalue weighted by Crippen LogP contribution is -2.39. The summed E-state index contributed by atoms with van der Waals surface area (Å²) in [6, 6.07) is 12.4. The number of fused-ring (bicyclic) bond motifs is 1. The number of imidazole rings is 1. The summed E-state index contributed by atoms with van der Waals surface area (Å²) in [5, 5.41) is 13.9. The number of nitriles is 1. The quantitative estimate of drug-likeness (QED) is 0.195. The third kappa shape index (κ3) is 7.40. The number of anilines is 1. The summed E-state index contributed by atoms with van der Waals surface area (Å²) in [5.41, 5.74) is 5.37. The summed E-state index contributed by atoms with van der Waals surface area (Å²) < 4.78 is 23.1. The maximum Gasteiger partial charge on any atom is 0.410 e. The third-order valence-corrected chi connectivity index (χ3v) is 7.51. The molecule has 2 aliphatic rings. The van der Waals surface area contributed by atoms with Crippen molar-refractivity contribution in [3.05, 3.63) is 82.8 Å². The number of halogens is 1. The van der Waals surface area contributed by atoms with Crippen LogP contribution in [0.2, 0.25) is 0 Å². The second-order valence-corrected chi connectivity index (χ2v) is 11.8. The predicted molar refractivity (Wildman–Crippen MR) is 162 cm³/mol. The number of ether oxygens (including phenoxy) is 1. The molecule has 208 valence electrons. The number of carbonyl (C=O) groups is 1. The van der Waals surface area contributed by atoms with E-state index in [0.717, 1.165) is 40.4 Å². The van der Waals surface area contributed by atoms with Crippen LogP contribution in [0.3, 0.4) is 0 Å². The van der Waals surface area contributed by atoms with E-state index in [9.17, 15) is 9.18 Å². The molecule has 0 fully saturated rings. The number of allylic oxidation sites excluding steroid dienone is 1. The van der Waals surface area contributed by atoms with Crippen LogP contribution in [0.1, 0.15) is 44.0 Å². The molecule has 0 atom stereocenters. The standard InChI is InChI=1S/C21H25N5O2.C8H6FNS2/c1-21(2,3)28-20(27)25-12-9-15(10-13-25)16-7-8-18-24-17(6-5-11-22)19(23-4)26(18)14-16;9-7-3-1-6(2-4-7)8-5-11-12-10-8/h5-9,14,23H,10,12-13H2,1-4H3;1-5,10H/b6-5+;. The fourth-order valence-corrected chi connectivity index (χ4v) is 5.65. The van der Waals surface area contributed by atoms with Crippen LogP contribution in [0.25, 0.3) is 23.0 Å². The maximum atomic E-state index is 12.5. The molecule has 11 heteroatoms. The average molecular weight is 579 g/mol.